The number of nitrogens with two attached hydrogens (primary N) is 1. The number of halogens is 2. The zero-order valence-electron chi connectivity index (χ0n) is 10.4. The molecule has 0 heterocycles. The van der Waals surface area contributed by atoms with Gasteiger partial charge in [0.1, 0.15) is 11.6 Å². The van der Waals surface area contributed by atoms with E-state index in [1.165, 1.54) is 0 Å². The minimum atomic E-state index is -0.639. The van der Waals surface area contributed by atoms with E-state index >= 15 is 0 Å². The van der Waals surface area contributed by atoms with Crippen LogP contribution in [0.3, 0.4) is 0 Å². The number of benzene rings is 1. The maximum absolute atomic E-state index is 13.3. The highest BCUT2D eigenvalue weighted by Crippen LogP contribution is 2.16. The third-order valence-corrected chi connectivity index (χ3v) is 2.73. The standard InChI is InChI=1S/C13H18F2N2O/c1-9(6-7-16)2-5-13(18)17-12-8-10(14)3-4-11(12)15/h3-4,8-9H,2,5-7,16H2,1H3,(H,17,18). The summed E-state index contributed by atoms with van der Waals surface area (Å²) in [6.45, 7) is 2.59. The van der Waals surface area contributed by atoms with Crippen molar-refractivity contribution in [2.45, 2.75) is 26.2 Å². The van der Waals surface area contributed by atoms with Crippen LogP contribution in [0.5, 0.6) is 0 Å². The van der Waals surface area contributed by atoms with Crippen LogP contribution in [0.4, 0.5) is 14.5 Å². The second-order valence-electron chi connectivity index (χ2n) is 4.39. The van der Waals surface area contributed by atoms with Crippen molar-refractivity contribution >= 4 is 11.6 Å². The maximum Gasteiger partial charge on any atom is 0.224 e. The number of anilines is 1. The molecule has 0 spiro atoms. The van der Waals surface area contributed by atoms with Gasteiger partial charge in [0, 0.05) is 12.5 Å². The smallest absolute Gasteiger partial charge is 0.224 e. The summed E-state index contributed by atoms with van der Waals surface area (Å²) in [6, 6.07) is 2.97. The minimum Gasteiger partial charge on any atom is -0.330 e. The normalized spacial score (nSPS) is 12.2. The molecule has 100 valence electrons. The van der Waals surface area contributed by atoms with Crippen LogP contribution in [-0.2, 0) is 4.79 Å². The van der Waals surface area contributed by atoms with Crippen molar-refractivity contribution in [3.8, 4) is 0 Å². The monoisotopic (exact) mass is 256 g/mol. The molecule has 3 nitrogen and oxygen atoms in total. The predicted octanol–water partition coefficient (Wildman–Crippen LogP) is 2.67. The molecule has 1 aromatic rings. The number of carbonyl (C=O) groups is 1. The van der Waals surface area contributed by atoms with Gasteiger partial charge in [-0.1, -0.05) is 6.92 Å². The maximum atomic E-state index is 13.3. The van der Waals surface area contributed by atoms with Gasteiger partial charge in [-0.2, -0.15) is 0 Å². The average molecular weight is 256 g/mol. The molecule has 5 heteroatoms. The lowest BCUT2D eigenvalue weighted by atomic mass is 10.0. The number of hydrogen-bond donors (Lipinski definition) is 2. The Labute approximate surface area is 105 Å². The van der Waals surface area contributed by atoms with Gasteiger partial charge >= 0.3 is 0 Å². The Bertz CT molecular complexity index is 410. The number of nitrogens with one attached hydrogen (secondary N) is 1. The van der Waals surface area contributed by atoms with Crippen LogP contribution >= 0.6 is 0 Å². The Balaban J connectivity index is 2.47. The van der Waals surface area contributed by atoms with Gasteiger partial charge < -0.3 is 11.1 Å². The summed E-state index contributed by atoms with van der Waals surface area (Å²) in [5, 5.41) is 2.36. The number of rotatable bonds is 6. The van der Waals surface area contributed by atoms with Gasteiger partial charge in [-0.25, -0.2) is 8.78 Å². The first kappa shape index (κ1) is 14.6. The van der Waals surface area contributed by atoms with E-state index in [0.29, 0.717) is 18.9 Å². The van der Waals surface area contributed by atoms with Crippen molar-refractivity contribution in [2.24, 2.45) is 11.7 Å². The predicted molar refractivity (Wildman–Crippen MR) is 67.1 cm³/mol. The van der Waals surface area contributed by atoms with Crippen molar-refractivity contribution in [2.75, 3.05) is 11.9 Å². The zero-order chi connectivity index (χ0) is 13.5. The molecule has 1 rings (SSSR count). The van der Waals surface area contributed by atoms with E-state index in [1.807, 2.05) is 6.92 Å². The van der Waals surface area contributed by atoms with E-state index < -0.39 is 11.6 Å². The molecule has 0 aliphatic heterocycles. The third-order valence-electron chi connectivity index (χ3n) is 2.73. The van der Waals surface area contributed by atoms with E-state index in [1.54, 1.807) is 0 Å². The van der Waals surface area contributed by atoms with Crippen LogP contribution in [0.25, 0.3) is 0 Å². The molecule has 0 fully saturated rings. The average Bonchev–Trinajstić information content (AvgIpc) is 2.32. The van der Waals surface area contributed by atoms with Crippen molar-refractivity contribution < 1.29 is 13.6 Å². The van der Waals surface area contributed by atoms with Gasteiger partial charge in [-0.15, -0.1) is 0 Å². The minimum absolute atomic E-state index is 0.119. The Morgan fingerprint density at radius 3 is 2.78 bits per heavy atom. The van der Waals surface area contributed by atoms with Crippen LogP contribution in [0.1, 0.15) is 26.2 Å². The van der Waals surface area contributed by atoms with E-state index in [-0.39, 0.29) is 18.0 Å². The summed E-state index contributed by atoms with van der Waals surface area (Å²) in [7, 11) is 0. The highest BCUT2D eigenvalue weighted by molar-refractivity contribution is 5.90. The molecule has 18 heavy (non-hydrogen) atoms. The highest BCUT2D eigenvalue weighted by atomic mass is 19.1. The topological polar surface area (TPSA) is 55.1 Å². The molecular formula is C13H18F2N2O. The van der Waals surface area contributed by atoms with E-state index in [4.69, 9.17) is 5.73 Å². The van der Waals surface area contributed by atoms with Crippen LogP contribution in [0.15, 0.2) is 18.2 Å². The zero-order valence-corrected chi connectivity index (χ0v) is 10.4. The molecule has 1 unspecified atom stereocenters. The second kappa shape index (κ2) is 7.06. The lowest BCUT2D eigenvalue weighted by molar-refractivity contribution is -0.116. The quantitative estimate of drug-likeness (QED) is 0.822. The SMILES string of the molecule is CC(CCN)CCC(=O)Nc1cc(F)ccc1F. The lowest BCUT2D eigenvalue weighted by Gasteiger charge is -2.10. The summed E-state index contributed by atoms with van der Waals surface area (Å²) in [5.41, 5.74) is 5.29. The van der Waals surface area contributed by atoms with E-state index in [9.17, 15) is 13.6 Å². The summed E-state index contributed by atoms with van der Waals surface area (Å²) in [5.74, 6) is -1.19. The van der Waals surface area contributed by atoms with Gasteiger partial charge in [0.15, 0.2) is 0 Å². The number of amides is 1. The van der Waals surface area contributed by atoms with Crippen LogP contribution < -0.4 is 11.1 Å². The number of hydrogen-bond acceptors (Lipinski definition) is 2. The van der Waals surface area contributed by atoms with E-state index in [0.717, 1.165) is 24.6 Å². The molecule has 1 atom stereocenters. The molecule has 1 amide bonds. The summed E-state index contributed by atoms with van der Waals surface area (Å²) >= 11 is 0. The van der Waals surface area contributed by atoms with Gasteiger partial charge in [-0.3, -0.25) is 4.79 Å². The second-order valence-corrected chi connectivity index (χ2v) is 4.39. The highest BCUT2D eigenvalue weighted by Gasteiger charge is 2.10. The first-order valence-corrected chi connectivity index (χ1v) is 5.98. The Morgan fingerprint density at radius 2 is 2.11 bits per heavy atom. The molecule has 0 aromatic heterocycles. The summed E-state index contributed by atoms with van der Waals surface area (Å²) in [4.78, 5) is 11.6. The molecule has 0 radical (unpaired) electrons. The van der Waals surface area contributed by atoms with Gasteiger partial charge in [-0.05, 0) is 37.4 Å². The lowest BCUT2D eigenvalue weighted by Crippen LogP contribution is -2.15. The molecule has 0 aliphatic rings. The number of carbonyl (C=O) groups excluding carboxylic acids is 1. The molecule has 0 saturated heterocycles. The first-order chi connectivity index (χ1) is 8.52. The molecule has 0 bridgehead atoms. The summed E-state index contributed by atoms with van der Waals surface area (Å²) < 4.78 is 26.1. The van der Waals surface area contributed by atoms with Crippen LogP contribution in [-0.4, -0.2) is 12.5 Å². The van der Waals surface area contributed by atoms with Gasteiger partial charge in [0.05, 0.1) is 5.69 Å². The first-order valence-electron chi connectivity index (χ1n) is 5.98. The molecule has 0 aliphatic carbocycles. The van der Waals surface area contributed by atoms with Crippen LogP contribution in [0.2, 0.25) is 0 Å². The van der Waals surface area contributed by atoms with Gasteiger partial charge in [0.25, 0.3) is 0 Å². The Morgan fingerprint density at radius 1 is 1.39 bits per heavy atom. The molecule has 3 N–H and O–H groups in total. The van der Waals surface area contributed by atoms with Crippen LogP contribution in [0, 0.1) is 17.6 Å². The van der Waals surface area contributed by atoms with Crippen molar-refractivity contribution in [3.63, 3.8) is 0 Å². The Kier molecular flexibility index (Phi) is 5.71. The fraction of sp³-hybridized carbons (Fsp3) is 0.462. The third kappa shape index (κ3) is 4.79. The largest absolute Gasteiger partial charge is 0.330 e. The molecule has 0 saturated carbocycles. The summed E-state index contributed by atoms with van der Waals surface area (Å²) in [6.07, 6.45) is 1.80. The van der Waals surface area contributed by atoms with Crippen molar-refractivity contribution in [1.29, 1.82) is 0 Å². The molecule has 1 aromatic carbocycles. The fourth-order valence-corrected chi connectivity index (χ4v) is 1.61. The Hall–Kier alpha value is -1.49. The fourth-order valence-electron chi connectivity index (χ4n) is 1.61. The van der Waals surface area contributed by atoms with E-state index in [2.05, 4.69) is 5.32 Å². The van der Waals surface area contributed by atoms with Crippen molar-refractivity contribution in [3.05, 3.63) is 29.8 Å². The van der Waals surface area contributed by atoms with Gasteiger partial charge in [0.2, 0.25) is 5.91 Å². The van der Waals surface area contributed by atoms with Crippen molar-refractivity contribution in [1.82, 2.24) is 0 Å². The molecular weight excluding hydrogens is 238 g/mol.